The number of rotatable bonds is 5. The smallest absolute Gasteiger partial charge is 0.313 e. The van der Waals surface area contributed by atoms with Gasteiger partial charge in [-0.1, -0.05) is 43.7 Å². The minimum atomic E-state index is -0.445. The molecule has 0 N–H and O–H groups in total. The van der Waals surface area contributed by atoms with Crippen LogP contribution in [-0.4, -0.2) is 18.4 Å². The van der Waals surface area contributed by atoms with E-state index in [1.165, 1.54) is 0 Å². The van der Waals surface area contributed by atoms with Gasteiger partial charge in [0.1, 0.15) is 12.2 Å². The van der Waals surface area contributed by atoms with E-state index in [0.717, 1.165) is 11.1 Å². The third kappa shape index (κ3) is 6.84. The molecule has 0 aliphatic carbocycles. The number of hydrogen-bond acceptors (Lipinski definition) is 3. The van der Waals surface area contributed by atoms with E-state index in [2.05, 4.69) is 0 Å². The van der Waals surface area contributed by atoms with Crippen LogP contribution in [0.1, 0.15) is 38.3 Å². The van der Waals surface area contributed by atoms with Crippen LogP contribution in [0.5, 0.6) is 0 Å². The first-order valence-electron chi connectivity index (χ1n) is 6.34. The lowest BCUT2D eigenvalue weighted by atomic mass is 10.1. The molecule has 0 saturated heterocycles. The second-order valence-electron chi connectivity index (χ2n) is 3.68. The van der Waals surface area contributed by atoms with Crippen molar-refractivity contribution in [1.29, 1.82) is 0 Å². The summed E-state index contributed by atoms with van der Waals surface area (Å²) in [6.07, 6.45) is 0.154. The summed E-state index contributed by atoms with van der Waals surface area (Å²) in [6, 6.07) is 7.71. The van der Waals surface area contributed by atoms with Crippen molar-refractivity contribution in [2.75, 3.05) is 6.61 Å². The fourth-order valence-corrected chi connectivity index (χ4v) is 1.37. The second-order valence-corrected chi connectivity index (χ2v) is 3.68. The highest BCUT2D eigenvalue weighted by Gasteiger charge is 2.10. The van der Waals surface area contributed by atoms with E-state index in [4.69, 9.17) is 4.74 Å². The molecule has 0 aromatic heterocycles. The molecule has 18 heavy (non-hydrogen) atoms. The average Bonchev–Trinajstić information content (AvgIpc) is 2.35. The Balaban J connectivity index is 0.00000137. The van der Waals surface area contributed by atoms with Gasteiger partial charge in [-0.25, -0.2) is 0 Å². The van der Waals surface area contributed by atoms with Crippen LogP contribution in [0.15, 0.2) is 24.3 Å². The molecule has 0 saturated carbocycles. The van der Waals surface area contributed by atoms with Crippen molar-refractivity contribution in [3.63, 3.8) is 0 Å². The zero-order valence-electron chi connectivity index (χ0n) is 11.7. The predicted octanol–water partition coefficient (Wildman–Crippen LogP) is 3.09. The quantitative estimate of drug-likeness (QED) is 0.596. The number of esters is 1. The predicted molar refractivity (Wildman–Crippen MR) is 72.5 cm³/mol. The Kier molecular flexibility index (Phi) is 8.54. The molecule has 100 valence electrons. The summed E-state index contributed by atoms with van der Waals surface area (Å²) < 4.78 is 4.71. The van der Waals surface area contributed by atoms with Gasteiger partial charge < -0.3 is 4.74 Å². The highest BCUT2D eigenvalue weighted by molar-refractivity contribution is 5.96. The number of carbonyl (C=O) groups is 2. The maximum atomic E-state index is 11.5. The van der Waals surface area contributed by atoms with Gasteiger partial charge in [0.15, 0.2) is 0 Å². The first kappa shape index (κ1) is 16.4. The lowest BCUT2D eigenvalue weighted by Crippen LogP contribution is -2.12. The van der Waals surface area contributed by atoms with Crippen LogP contribution in [0.2, 0.25) is 0 Å². The minimum absolute atomic E-state index is 0.109. The average molecular weight is 250 g/mol. The number of aryl methyl sites for hydroxylation is 1. The molecule has 1 aromatic carbocycles. The van der Waals surface area contributed by atoms with E-state index in [1.807, 2.05) is 45.0 Å². The van der Waals surface area contributed by atoms with E-state index in [1.54, 1.807) is 6.92 Å². The first-order chi connectivity index (χ1) is 8.61. The van der Waals surface area contributed by atoms with Crippen molar-refractivity contribution in [3.05, 3.63) is 35.4 Å². The van der Waals surface area contributed by atoms with Gasteiger partial charge in [0.05, 0.1) is 6.61 Å². The number of benzene rings is 1. The van der Waals surface area contributed by atoms with Gasteiger partial charge in [-0.2, -0.15) is 0 Å². The SMILES string of the molecule is CC.CCOC(=O)CC(=O)Cc1ccc(C)cc1. The molecule has 1 aromatic rings. The summed E-state index contributed by atoms with van der Waals surface area (Å²) in [4.78, 5) is 22.5. The Hall–Kier alpha value is -1.64. The molecule has 0 fully saturated rings. The lowest BCUT2D eigenvalue weighted by Gasteiger charge is -2.02. The highest BCUT2D eigenvalue weighted by Crippen LogP contribution is 2.05. The molecule has 0 atom stereocenters. The summed E-state index contributed by atoms with van der Waals surface area (Å²) in [5, 5.41) is 0. The molecule has 3 heteroatoms. The van der Waals surface area contributed by atoms with Crippen molar-refractivity contribution in [2.45, 2.75) is 40.5 Å². The standard InChI is InChI=1S/C13H16O3.C2H6/c1-3-16-13(15)9-12(14)8-11-6-4-10(2)5-7-11;1-2/h4-7H,3,8-9H2,1-2H3;1-2H3. The van der Waals surface area contributed by atoms with E-state index in [-0.39, 0.29) is 12.2 Å². The number of Topliss-reactive ketones (excluding diaryl/α,β-unsaturated/α-hetero) is 1. The Morgan fingerprint density at radius 3 is 2.17 bits per heavy atom. The molecule has 0 unspecified atom stereocenters. The lowest BCUT2D eigenvalue weighted by molar-refractivity contribution is -0.145. The fraction of sp³-hybridized carbons (Fsp3) is 0.467. The van der Waals surface area contributed by atoms with E-state index >= 15 is 0 Å². The monoisotopic (exact) mass is 250 g/mol. The molecular weight excluding hydrogens is 228 g/mol. The van der Waals surface area contributed by atoms with Crippen LogP contribution < -0.4 is 0 Å². The van der Waals surface area contributed by atoms with Gasteiger partial charge in [-0.3, -0.25) is 9.59 Å². The van der Waals surface area contributed by atoms with E-state index < -0.39 is 5.97 Å². The summed E-state index contributed by atoms with van der Waals surface area (Å²) in [6.45, 7) is 8.03. The van der Waals surface area contributed by atoms with Crippen molar-refractivity contribution < 1.29 is 14.3 Å². The number of ketones is 1. The van der Waals surface area contributed by atoms with Crippen molar-refractivity contribution in [1.82, 2.24) is 0 Å². The fourth-order valence-electron chi connectivity index (χ4n) is 1.37. The third-order valence-electron chi connectivity index (χ3n) is 2.17. The summed E-state index contributed by atoms with van der Waals surface area (Å²) in [7, 11) is 0. The molecule has 0 aliphatic heterocycles. The summed E-state index contributed by atoms with van der Waals surface area (Å²) >= 11 is 0. The molecule has 0 aliphatic rings. The van der Waals surface area contributed by atoms with E-state index in [9.17, 15) is 9.59 Å². The van der Waals surface area contributed by atoms with Crippen molar-refractivity contribution in [3.8, 4) is 0 Å². The summed E-state index contributed by atoms with van der Waals surface area (Å²) in [5.74, 6) is -0.554. The Labute approximate surface area is 109 Å². The van der Waals surface area contributed by atoms with Crippen LogP contribution in [0.25, 0.3) is 0 Å². The van der Waals surface area contributed by atoms with Crippen LogP contribution in [0.4, 0.5) is 0 Å². The van der Waals surface area contributed by atoms with Gasteiger partial charge >= 0.3 is 5.97 Å². The maximum Gasteiger partial charge on any atom is 0.313 e. The zero-order valence-corrected chi connectivity index (χ0v) is 11.7. The molecular formula is C15H22O3. The van der Waals surface area contributed by atoms with Gasteiger partial charge in [0.2, 0.25) is 0 Å². The van der Waals surface area contributed by atoms with Gasteiger partial charge in [0, 0.05) is 6.42 Å². The maximum absolute atomic E-state index is 11.5. The minimum Gasteiger partial charge on any atom is -0.466 e. The number of hydrogen-bond donors (Lipinski definition) is 0. The molecule has 0 bridgehead atoms. The topological polar surface area (TPSA) is 43.4 Å². The Bertz CT molecular complexity index is 366. The van der Waals surface area contributed by atoms with Crippen molar-refractivity contribution in [2.24, 2.45) is 0 Å². The highest BCUT2D eigenvalue weighted by atomic mass is 16.5. The first-order valence-corrected chi connectivity index (χ1v) is 6.34. The van der Waals surface area contributed by atoms with Crippen LogP contribution in [-0.2, 0) is 20.7 Å². The molecule has 0 spiro atoms. The van der Waals surface area contributed by atoms with Gasteiger partial charge in [-0.05, 0) is 19.4 Å². The van der Waals surface area contributed by atoms with Crippen LogP contribution in [0, 0.1) is 6.92 Å². The number of ether oxygens (including phenoxy) is 1. The zero-order chi connectivity index (χ0) is 14.0. The van der Waals surface area contributed by atoms with Gasteiger partial charge in [-0.15, -0.1) is 0 Å². The van der Waals surface area contributed by atoms with Crippen molar-refractivity contribution >= 4 is 11.8 Å². The molecule has 0 heterocycles. The molecule has 0 amide bonds. The third-order valence-corrected chi connectivity index (χ3v) is 2.17. The number of carbonyl (C=O) groups excluding carboxylic acids is 2. The van der Waals surface area contributed by atoms with E-state index in [0.29, 0.717) is 13.0 Å². The van der Waals surface area contributed by atoms with Crippen LogP contribution >= 0.6 is 0 Å². The molecule has 3 nitrogen and oxygen atoms in total. The normalized spacial score (nSPS) is 9.11. The molecule has 0 radical (unpaired) electrons. The second kappa shape index (κ2) is 9.40. The van der Waals surface area contributed by atoms with Crippen LogP contribution in [0.3, 0.4) is 0 Å². The Morgan fingerprint density at radius 1 is 1.11 bits per heavy atom. The summed E-state index contributed by atoms with van der Waals surface area (Å²) in [5.41, 5.74) is 2.08. The molecule has 1 rings (SSSR count). The largest absolute Gasteiger partial charge is 0.466 e. The van der Waals surface area contributed by atoms with Gasteiger partial charge in [0.25, 0.3) is 0 Å². The Morgan fingerprint density at radius 2 is 1.67 bits per heavy atom.